The Kier molecular flexibility index (Phi) is 4.62. The van der Waals surface area contributed by atoms with E-state index >= 15 is 0 Å². The van der Waals surface area contributed by atoms with Gasteiger partial charge in [0, 0.05) is 28.6 Å². The zero-order valence-electron chi connectivity index (χ0n) is 18.3. The number of aromatic amines is 2. The van der Waals surface area contributed by atoms with E-state index < -0.39 is 23.2 Å². The Labute approximate surface area is 187 Å². The summed E-state index contributed by atoms with van der Waals surface area (Å²) in [5.41, 5.74) is 2.05. The number of urea groups is 1. The molecule has 4 heterocycles. The van der Waals surface area contributed by atoms with E-state index in [4.69, 9.17) is 9.47 Å². The molecule has 0 bridgehead atoms. The molecular formula is C22H20N6O5. The smallest absolute Gasteiger partial charge is 0.345 e. The van der Waals surface area contributed by atoms with Crippen molar-refractivity contribution in [3.63, 3.8) is 0 Å². The van der Waals surface area contributed by atoms with Gasteiger partial charge in [-0.15, -0.1) is 0 Å². The summed E-state index contributed by atoms with van der Waals surface area (Å²) >= 11 is 0. The van der Waals surface area contributed by atoms with Crippen LogP contribution < -0.4 is 26.0 Å². The van der Waals surface area contributed by atoms with E-state index in [9.17, 15) is 14.4 Å². The first kappa shape index (κ1) is 20.6. The van der Waals surface area contributed by atoms with Crippen molar-refractivity contribution in [3.05, 3.63) is 61.4 Å². The normalized spacial score (nSPS) is 21.1. The average Bonchev–Trinajstić information content (AvgIpc) is 2.76. The highest BCUT2D eigenvalue weighted by atomic mass is 16.5. The Hall–Kier alpha value is -4.28. The number of amidine groups is 1. The topological polar surface area (TPSA) is 150 Å². The summed E-state index contributed by atoms with van der Waals surface area (Å²) in [6.45, 7) is 3.58. The molecule has 0 aliphatic carbocycles. The lowest BCUT2D eigenvalue weighted by molar-refractivity contribution is 0.250. The van der Waals surface area contributed by atoms with Crippen LogP contribution in [-0.2, 0) is 0 Å². The predicted molar refractivity (Wildman–Crippen MR) is 121 cm³/mol. The van der Waals surface area contributed by atoms with Crippen molar-refractivity contribution in [2.75, 3.05) is 14.2 Å². The number of hydrogen-bond acceptors (Lipinski definition) is 7. The number of carbonyl (C=O) groups excluding carboxylic acids is 1. The number of aliphatic imine (C=N–C) groups is 3. The first-order chi connectivity index (χ1) is 15.8. The molecule has 1 aromatic carbocycles. The van der Waals surface area contributed by atoms with Gasteiger partial charge in [0.1, 0.15) is 5.82 Å². The number of dihydropyridines is 1. The van der Waals surface area contributed by atoms with Gasteiger partial charge in [0.25, 0.3) is 5.56 Å². The van der Waals surface area contributed by atoms with Crippen molar-refractivity contribution in [3.8, 4) is 11.5 Å². The summed E-state index contributed by atoms with van der Waals surface area (Å²) in [7, 11) is 3.04. The SMILES string of the molecule is COc1ccc(C2C3=C4NC(=O)N=C(C)C4C(C)=NC3=Nc3[nH]c(=O)[nH]c(=O)c32)cc1OC. The van der Waals surface area contributed by atoms with E-state index in [1.54, 1.807) is 25.1 Å². The van der Waals surface area contributed by atoms with Gasteiger partial charge in [0.05, 0.1) is 25.7 Å². The third-order valence-corrected chi connectivity index (χ3v) is 5.95. The molecule has 33 heavy (non-hydrogen) atoms. The predicted octanol–water partition coefficient (Wildman–Crippen LogP) is 1.78. The van der Waals surface area contributed by atoms with Gasteiger partial charge >= 0.3 is 11.7 Å². The zero-order valence-corrected chi connectivity index (χ0v) is 18.3. The molecule has 0 fully saturated rings. The lowest BCUT2D eigenvalue weighted by Gasteiger charge is -2.35. The molecule has 11 nitrogen and oxygen atoms in total. The van der Waals surface area contributed by atoms with Crippen molar-refractivity contribution in [1.29, 1.82) is 0 Å². The number of fused-ring (bicyclic) bond motifs is 3. The first-order valence-electron chi connectivity index (χ1n) is 10.1. The second kappa shape index (κ2) is 7.40. The molecule has 11 heteroatoms. The minimum atomic E-state index is -0.701. The second-order valence-corrected chi connectivity index (χ2v) is 7.85. The van der Waals surface area contributed by atoms with Crippen LogP contribution in [0.4, 0.5) is 10.6 Å². The third kappa shape index (κ3) is 3.12. The molecule has 0 saturated heterocycles. The summed E-state index contributed by atoms with van der Waals surface area (Å²) in [5.74, 6) is 0.344. The van der Waals surface area contributed by atoms with E-state index in [1.165, 1.54) is 14.2 Å². The Morgan fingerprint density at radius 1 is 0.879 bits per heavy atom. The first-order valence-corrected chi connectivity index (χ1v) is 10.1. The Bertz CT molecular complexity index is 1460. The number of nitrogens with zero attached hydrogens (tertiary/aromatic N) is 3. The van der Waals surface area contributed by atoms with Crippen LogP contribution in [0.2, 0.25) is 0 Å². The van der Waals surface area contributed by atoms with Crippen LogP contribution in [0.15, 0.2) is 54.0 Å². The van der Waals surface area contributed by atoms with Crippen molar-refractivity contribution < 1.29 is 14.3 Å². The van der Waals surface area contributed by atoms with Crippen LogP contribution >= 0.6 is 0 Å². The number of rotatable bonds is 3. The van der Waals surface area contributed by atoms with Crippen LogP contribution in [-0.4, -0.2) is 47.5 Å². The number of hydrogen-bond donors (Lipinski definition) is 3. The molecule has 168 valence electrons. The van der Waals surface area contributed by atoms with Crippen molar-refractivity contribution in [2.45, 2.75) is 19.8 Å². The third-order valence-electron chi connectivity index (χ3n) is 5.95. The number of H-pyrrole nitrogens is 2. The minimum Gasteiger partial charge on any atom is -0.493 e. The molecule has 0 spiro atoms. The molecule has 1 aromatic heterocycles. The van der Waals surface area contributed by atoms with E-state index in [-0.39, 0.29) is 17.3 Å². The quantitative estimate of drug-likeness (QED) is 0.654. The van der Waals surface area contributed by atoms with Crippen molar-refractivity contribution in [1.82, 2.24) is 15.3 Å². The van der Waals surface area contributed by atoms with Crippen LogP contribution in [0.25, 0.3) is 0 Å². The maximum atomic E-state index is 13.0. The van der Waals surface area contributed by atoms with E-state index in [0.717, 1.165) is 0 Å². The van der Waals surface area contributed by atoms with E-state index in [1.807, 2.05) is 6.92 Å². The zero-order chi connectivity index (χ0) is 23.4. The Balaban J connectivity index is 1.86. The molecule has 3 aliphatic heterocycles. The van der Waals surface area contributed by atoms with Crippen molar-refractivity contribution >= 4 is 29.1 Å². The van der Waals surface area contributed by atoms with Crippen LogP contribution in [0, 0.1) is 5.92 Å². The minimum absolute atomic E-state index is 0.116. The maximum absolute atomic E-state index is 13.0. The van der Waals surface area contributed by atoms with Gasteiger partial charge < -0.3 is 14.8 Å². The highest BCUT2D eigenvalue weighted by Gasteiger charge is 2.42. The number of benzene rings is 1. The fourth-order valence-corrected chi connectivity index (χ4v) is 4.62. The number of aromatic nitrogens is 2. The van der Waals surface area contributed by atoms with Crippen LogP contribution in [0.3, 0.4) is 0 Å². The molecule has 2 unspecified atom stereocenters. The molecule has 3 aliphatic rings. The summed E-state index contributed by atoms with van der Waals surface area (Å²) < 4.78 is 10.8. The van der Waals surface area contributed by atoms with Gasteiger partial charge in [-0.2, -0.15) is 0 Å². The van der Waals surface area contributed by atoms with Gasteiger partial charge in [0.2, 0.25) is 0 Å². The fourth-order valence-electron chi connectivity index (χ4n) is 4.62. The number of amides is 2. The molecule has 5 rings (SSSR count). The number of carbonyl (C=O) groups is 1. The molecule has 0 saturated carbocycles. The molecular weight excluding hydrogens is 428 g/mol. The molecule has 0 radical (unpaired) electrons. The van der Waals surface area contributed by atoms with Gasteiger partial charge in [0.15, 0.2) is 17.3 Å². The summed E-state index contributed by atoms with van der Waals surface area (Å²) in [6.07, 6.45) is 0. The van der Waals surface area contributed by atoms with Gasteiger partial charge in [-0.25, -0.2) is 24.6 Å². The maximum Gasteiger partial charge on any atom is 0.345 e. The largest absolute Gasteiger partial charge is 0.493 e. The van der Waals surface area contributed by atoms with Gasteiger partial charge in [-0.3, -0.25) is 14.8 Å². The van der Waals surface area contributed by atoms with Crippen LogP contribution in [0.1, 0.15) is 30.9 Å². The lowest BCUT2D eigenvalue weighted by atomic mass is 9.77. The van der Waals surface area contributed by atoms with Gasteiger partial charge in [-0.1, -0.05) is 6.07 Å². The van der Waals surface area contributed by atoms with E-state index in [0.29, 0.717) is 45.6 Å². The number of allylic oxidation sites excluding steroid dienone is 1. The highest BCUT2D eigenvalue weighted by Crippen LogP contribution is 2.45. The Morgan fingerprint density at radius 2 is 1.61 bits per heavy atom. The standard InChI is InChI=1S/C22H20N6O5/c1-8-13-9(2)24-21(30)25-17(13)15-14(10-5-6-11(32-3)12(7-10)33-4)16-19(26-18(15)23-8)27-22(31)28-20(16)29/h5-7,13-14H,1-4H3,(H,25,30)(H2,27,28,29,31). The molecule has 2 atom stereocenters. The van der Waals surface area contributed by atoms with Crippen LogP contribution in [0.5, 0.6) is 11.5 Å². The highest BCUT2D eigenvalue weighted by molar-refractivity contribution is 6.22. The number of ether oxygens (including phenoxy) is 2. The Morgan fingerprint density at radius 3 is 2.33 bits per heavy atom. The molecule has 3 N–H and O–H groups in total. The van der Waals surface area contributed by atoms with Gasteiger partial charge in [-0.05, 0) is 31.5 Å². The number of methoxy groups -OCH3 is 2. The number of nitrogens with one attached hydrogen (secondary N) is 3. The molecule has 2 aromatic rings. The second-order valence-electron chi connectivity index (χ2n) is 7.85. The van der Waals surface area contributed by atoms with Crippen molar-refractivity contribution in [2.24, 2.45) is 20.9 Å². The summed E-state index contributed by atoms with van der Waals surface area (Å²) in [5, 5.41) is 2.84. The van der Waals surface area contributed by atoms with E-state index in [2.05, 4.69) is 30.3 Å². The average molecular weight is 448 g/mol. The summed E-state index contributed by atoms with van der Waals surface area (Å²) in [4.78, 5) is 55.4. The summed E-state index contributed by atoms with van der Waals surface area (Å²) in [6, 6.07) is 4.76. The molecule has 2 amide bonds. The fraction of sp³-hybridized carbons (Fsp3) is 0.273. The monoisotopic (exact) mass is 448 g/mol. The lowest BCUT2D eigenvalue weighted by Crippen LogP contribution is -2.44.